The van der Waals surface area contributed by atoms with Crippen molar-refractivity contribution in [3.63, 3.8) is 0 Å². The third kappa shape index (κ3) is 4.32. The summed E-state index contributed by atoms with van der Waals surface area (Å²) >= 11 is 0. The van der Waals surface area contributed by atoms with Crippen LogP contribution in [0.3, 0.4) is 0 Å². The fourth-order valence-corrected chi connectivity index (χ4v) is 5.39. The lowest BCUT2D eigenvalue weighted by Gasteiger charge is -2.26. The van der Waals surface area contributed by atoms with E-state index in [1.165, 1.54) is 22.2 Å². The third-order valence-corrected chi connectivity index (χ3v) is 7.37. The molecule has 2 aliphatic rings. The number of hydrogen-bond acceptors (Lipinski definition) is 6. The number of hydrogen-bond donors (Lipinski definition) is 1. The van der Waals surface area contributed by atoms with Gasteiger partial charge in [0.15, 0.2) is 0 Å². The predicted octanol–water partition coefficient (Wildman–Crippen LogP) is 0.697. The van der Waals surface area contributed by atoms with E-state index in [9.17, 15) is 18.0 Å². The molecule has 9 nitrogen and oxygen atoms in total. The molecule has 0 saturated carbocycles. The number of fused-ring (bicyclic) bond motifs is 1. The maximum atomic E-state index is 13.0. The summed E-state index contributed by atoms with van der Waals surface area (Å²) in [5.74, 6) is -0.572. The van der Waals surface area contributed by atoms with Crippen LogP contribution in [0.4, 0.5) is 5.69 Å². The van der Waals surface area contributed by atoms with E-state index in [4.69, 9.17) is 4.74 Å². The molecule has 164 valence electrons. The minimum Gasteiger partial charge on any atom is -0.379 e. The van der Waals surface area contributed by atoms with Crippen LogP contribution in [0.5, 0.6) is 0 Å². The smallest absolute Gasteiger partial charge is 0.243 e. The van der Waals surface area contributed by atoms with Gasteiger partial charge in [-0.25, -0.2) is 8.42 Å². The van der Waals surface area contributed by atoms with Gasteiger partial charge < -0.3 is 10.1 Å². The molecule has 0 aliphatic carbocycles. The van der Waals surface area contributed by atoms with Gasteiger partial charge >= 0.3 is 0 Å². The first-order valence-electron chi connectivity index (χ1n) is 10.0. The number of rotatable bonds is 5. The predicted molar refractivity (Wildman–Crippen MR) is 113 cm³/mol. The fraction of sp³-hybridized carbons (Fsp3) is 0.381. The van der Waals surface area contributed by atoms with Crippen LogP contribution < -0.4 is 10.2 Å². The zero-order valence-electron chi connectivity index (χ0n) is 17.2. The maximum Gasteiger partial charge on any atom is 0.243 e. The van der Waals surface area contributed by atoms with E-state index in [2.05, 4.69) is 10.3 Å². The molecule has 1 aromatic carbocycles. The Kier molecular flexibility index (Phi) is 6.03. The molecule has 4 rings (SSSR count). The van der Waals surface area contributed by atoms with Crippen molar-refractivity contribution in [2.24, 2.45) is 0 Å². The first-order valence-corrected chi connectivity index (χ1v) is 11.5. The Morgan fingerprint density at radius 3 is 2.68 bits per heavy atom. The van der Waals surface area contributed by atoms with E-state index in [-0.39, 0.29) is 23.1 Å². The molecule has 2 amide bonds. The summed E-state index contributed by atoms with van der Waals surface area (Å²) in [5, 5.41) is 2.84. The van der Waals surface area contributed by atoms with Gasteiger partial charge in [-0.2, -0.15) is 4.31 Å². The van der Waals surface area contributed by atoms with Gasteiger partial charge in [0.25, 0.3) is 0 Å². The number of amides is 2. The number of benzene rings is 1. The molecule has 1 atom stereocenters. The summed E-state index contributed by atoms with van der Waals surface area (Å²) < 4.78 is 32.6. The standard InChI is InChI=1S/C21H24N4O5S/c1-15(26)25-19-5-4-18(31(28,29)24-7-9-30-10-8-24)11-17(19)12-20(25)21(27)23-14-16-3-2-6-22-13-16/h2-6,11,13,20H,7-10,12,14H2,1H3,(H,23,27)/t20-/m0/s1. The second-order valence-corrected chi connectivity index (χ2v) is 9.43. The van der Waals surface area contributed by atoms with Crippen molar-refractivity contribution in [2.75, 3.05) is 31.2 Å². The number of anilines is 1. The monoisotopic (exact) mass is 444 g/mol. The van der Waals surface area contributed by atoms with Gasteiger partial charge in [-0.05, 0) is 35.4 Å². The lowest BCUT2D eigenvalue weighted by molar-refractivity contribution is -0.125. The zero-order chi connectivity index (χ0) is 22.0. The highest BCUT2D eigenvalue weighted by molar-refractivity contribution is 7.89. The van der Waals surface area contributed by atoms with Gasteiger partial charge in [0, 0.05) is 51.1 Å². The van der Waals surface area contributed by atoms with Gasteiger partial charge in [-0.1, -0.05) is 6.07 Å². The Labute approximate surface area is 181 Å². The van der Waals surface area contributed by atoms with Gasteiger partial charge in [-0.15, -0.1) is 0 Å². The van der Waals surface area contributed by atoms with Gasteiger partial charge in [-0.3, -0.25) is 19.5 Å². The van der Waals surface area contributed by atoms with Crippen LogP contribution in [-0.2, 0) is 37.3 Å². The van der Waals surface area contributed by atoms with E-state index in [1.54, 1.807) is 30.6 Å². The lowest BCUT2D eigenvalue weighted by Crippen LogP contribution is -2.47. The van der Waals surface area contributed by atoms with Crippen LogP contribution in [0.15, 0.2) is 47.6 Å². The highest BCUT2D eigenvalue weighted by Crippen LogP contribution is 2.35. The summed E-state index contributed by atoms with van der Waals surface area (Å²) in [5.41, 5.74) is 2.07. The average molecular weight is 445 g/mol. The van der Waals surface area contributed by atoms with E-state index in [0.29, 0.717) is 44.1 Å². The van der Waals surface area contributed by atoms with E-state index < -0.39 is 16.1 Å². The Hall–Kier alpha value is -2.82. The van der Waals surface area contributed by atoms with Gasteiger partial charge in [0.2, 0.25) is 21.8 Å². The molecule has 0 spiro atoms. The molecule has 1 N–H and O–H groups in total. The number of pyridine rings is 1. The molecule has 31 heavy (non-hydrogen) atoms. The van der Waals surface area contributed by atoms with Crippen molar-refractivity contribution < 1.29 is 22.7 Å². The largest absolute Gasteiger partial charge is 0.379 e. The van der Waals surface area contributed by atoms with Crippen LogP contribution in [0.1, 0.15) is 18.1 Å². The van der Waals surface area contributed by atoms with E-state index in [1.807, 2.05) is 6.07 Å². The molecule has 1 aromatic heterocycles. The van der Waals surface area contributed by atoms with E-state index in [0.717, 1.165) is 5.56 Å². The molecule has 2 aliphatic heterocycles. The Morgan fingerprint density at radius 1 is 1.23 bits per heavy atom. The minimum atomic E-state index is -3.66. The summed E-state index contributed by atoms with van der Waals surface area (Å²) in [6.07, 6.45) is 3.56. The molecule has 0 unspecified atom stereocenters. The van der Waals surface area contributed by atoms with Gasteiger partial charge in [0.05, 0.1) is 18.1 Å². The Balaban J connectivity index is 1.55. The molecule has 1 saturated heterocycles. The molecule has 2 aromatic rings. The average Bonchev–Trinajstić information content (AvgIpc) is 3.18. The van der Waals surface area contributed by atoms with Crippen LogP contribution in [0.25, 0.3) is 0 Å². The molecule has 1 fully saturated rings. The second-order valence-electron chi connectivity index (χ2n) is 7.49. The van der Waals surface area contributed by atoms with Crippen molar-refractivity contribution >= 4 is 27.5 Å². The van der Waals surface area contributed by atoms with Crippen molar-refractivity contribution in [1.29, 1.82) is 0 Å². The highest BCUT2D eigenvalue weighted by atomic mass is 32.2. The SMILES string of the molecule is CC(=O)N1c2ccc(S(=O)(=O)N3CCOCC3)cc2C[C@H]1C(=O)NCc1cccnc1. The van der Waals surface area contributed by atoms with Crippen LogP contribution >= 0.6 is 0 Å². The Bertz CT molecular complexity index is 1080. The fourth-order valence-electron chi connectivity index (χ4n) is 3.93. The zero-order valence-corrected chi connectivity index (χ0v) is 18.0. The van der Waals surface area contributed by atoms with Crippen molar-refractivity contribution in [3.05, 3.63) is 53.9 Å². The van der Waals surface area contributed by atoms with Crippen LogP contribution in [0.2, 0.25) is 0 Å². The van der Waals surface area contributed by atoms with Crippen molar-refractivity contribution in [1.82, 2.24) is 14.6 Å². The van der Waals surface area contributed by atoms with Crippen molar-refractivity contribution in [2.45, 2.75) is 30.8 Å². The number of ether oxygens (including phenoxy) is 1. The summed E-state index contributed by atoms with van der Waals surface area (Å²) in [6, 6.07) is 7.58. The number of morpholine rings is 1. The van der Waals surface area contributed by atoms with Gasteiger partial charge in [0.1, 0.15) is 6.04 Å². The normalized spacial score (nSPS) is 19.1. The number of nitrogens with one attached hydrogen (secondary N) is 1. The topological polar surface area (TPSA) is 109 Å². The first-order chi connectivity index (χ1) is 14.9. The number of nitrogens with zero attached hydrogens (tertiary/aromatic N) is 3. The third-order valence-electron chi connectivity index (χ3n) is 5.47. The number of carbonyl (C=O) groups excluding carboxylic acids is 2. The summed E-state index contributed by atoms with van der Waals surface area (Å²) in [6.45, 7) is 3.02. The minimum absolute atomic E-state index is 0.160. The van der Waals surface area contributed by atoms with Crippen LogP contribution in [0, 0.1) is 0 Å². The lowest BCUT2D eigenvalue weighted by atomic mass is 10.1. The molecule has 0 bridgehead atoms. The molecule has 3 heterocycles. The number of carbonyl (C=O) groups is 2. The molecular formula is C21H24N4O5S. The van der Waals surface area contributed by atoms with E-state index >= 15 is 0 Å². The number of aromatic nitrogens is 1. The Morgan fingerprint density at radius 2 is 2.00 bits per heavy atom. The molecular weight excluding hydrogens is 420 g/mol. The quantitative estimate of drug-likeness (QED) is 0.727. The summed E-state index contributed by atoms with van der Waals surface area (Å²) in [7, 11) is -3.66. The maximum absolute atomic E-state index is 13.0. The highest BCUT2D eigenvalue weighted by Gasteiger charge is 2.38. The van der Waals surface area contributed by atoms with Crippen molar-refractivity contribution in [3.8, 4) is 0 Å². The molecule has 10 heteroatoms. The molecule has 0 radical (unpaired) electrons. The summed E-state index contributed by atoms with van der Waals surface area (Å²) in [4.78, 5) is 30.8. The van der Waals surface area contributed by atoms with Crippen LogP contribution in [-0.4, -0.2) is 61.9 Å². The first kappa shape index (κ1) is 21.4. The second kappa shape index (κ2) is 8.74. The number of sulfonamides is 1.